The Kier molecular flexibility index (Phi) is 2.89. The molecule has 1 aliphatic heterocycles. The van der Waals surface area contributed by atoms with Gasteiger partial charge in [0.2, 0.25) is 11.8 Å². The van der Waals surface area contributed by atoms with Crippen LogP contribution in [0, 0.1) is 29.6 Å². The maximum atomic E-state index is 13.2. The zero-order valence-electron chi connectivity index (χ0n) is 13.1. The highest BCUT2D eigenvalue weighted by Crippen LogP contribution is 2.57. The van der Waals surface area contributed by atoms with E-state index >= 15 is 0 Å². The van der Waals surface area contributed by atoms with Crippen molar-refractivity contribution in [1.82, 2.24) is 10.2 Å². The van der Waals surface area contributed by atoms with Gasteiger partial charge in [-0.3, -0.25) is 9.59 Å². The van der Waals surface area contributed by atoms with E-state index in [-0.39, 0.29) is 17.7 Å². The van der Waals surface area contributed by atoms with Gasteiger partial charge in [0.05, 0.1) is 0 Å². The lowest BCUT2D eigenvalue weighted by Gasteiger charge is -2.55. The predicted octanol–water partition coefficient (Wildman–Crippen LogP) is 1.80. The Labute approximate surface area is 126 Å². The SMILES string of the molecule is CC1(C)C(=O)NCCN1C(=O)C1C2CC3CC(C2)CC1C3. The minimum Gasteiger partial charge on any atom is -0.352 e. The molecular weight excluding hydrogens is 264 g/mol. The summed E-state index contributed by atoms with van der Waals surface area (Å²) in [6.45, 7) is 5.03. The molecule has 4 heteroatoms. The van der Waals surface area contributed by atoms with Crippen LogP contribution in [0.3, 0.4) is 0 Å². The van der Waals surface area contributed by atoms with E-state index in [2.05, 4.69) is 5.32 Å². The summed E-state index contributed by atoms with van der Waals surface area (Å²) < 4.78 is 0. The highest BCUT2D eigenvalue weighted by molar-refractivity contribution is 5.92. The van der Waals surface area contributed by atoms with Gasteiger partial charge in [-0.05, 0) is 69.6 Å². The molecule has 0 radical (unpaired) electrons. The zero-order chi connectivity index (χ0) is 14.8. The lowest BCUT2D eigenvalue weighted by Crippen LogP contribution is -2.66. The molecule has 4 bridgehead atoms. The van der Waals surface area contributed by atoms with Crippen LogP contribution in [0.5, 0.6) is 0 Å². The highest BCUT2D eigenvalue weighted by atomic mass is 16.2. The first-order chi connectivity index (χ1) is 9.96. The lowest BCUT2D eigenvalue weighted by molar-refractivity contribution is -0.161. The second-order valence-corrected chi connectivity index (χ2v) is 8.26. The Morgan fingerprint density at radius 3 is 2.24 bits per heavy atom. The molecule has 0 atom stereocenters. The van der Waals surface area contributed by atoms with Crippen LogP contribution in [0.1, 0.15) is 46.0 Å². The summed E-state index contributed by atoms with van der Waals surface area (Å²) >= 11 is 0. The van der Waals surface area contributed by atoms with E-state index in [0.29, 0.717) is 24.9 Å². The van der Waals surface area contributed by atoms with E-state index in [9.17, 15) is 9.59 Å². The quantitative estimate of drug-likeness (QED) is 0.800. The second kappa shape index (κ2) is 4.47. The first-order valence-corrected chi connectivity index (χ1v) is 8.56. The molecule has 0 aromatic carbocycles. The van der Waals surface area contributed by atoms with E-state index < -0.39 is 5.54 Å². The molecule has 116 valence electrons. The van der Waals surface area contributed by atoms with Crippen LogP contribution in [0.4, 0.5) is 0 Å². The number of nitrogens with one attached hydrogen (secondary N) is 1. The molecule has 0 unspecified atom stereocenters. The summed E-state index contributed by atoms with van der Waals surface area (Å²) in [5.41, 5.74) is -0.690. The zero-order valence-corrected chi connectivity index (χ0v) is 13.1. The Hall–Kier alpha value is -1.06. The lowest BCUT2D eigenvalue weighted by atomic mass is 9.51. The number of amides is 2. The van der Waals surface area contributed by atoms with E-state index in [1.54, 1.807) is 0 Å². The monoisotopic (exact) mass is 290 g/mol. The van der Waals surface area contributed by atoms with Gasteiger partial charge in [0.1, 0.15) is 5.54 Å². The topological polar surface area (TPSA) is 49.4 Å². The molecule has 21 heavy (non-hydrogen) atoms. The van der Waals surface area contributed by atoms with Crippen molar-refractivity contribution in [2.24, 2.45) is 29.6 Å². The van der Waals surface area contributed by atoms with Crippen molar-refractivity contribution in [2.45, 2.75) is 51.5 Å². The van der Waals surface area contributed by atoms with Crippen molar-refractivity contribution in [1.29, 1.82) is 0 Å². The average molecular weight is 290 g/mol. The largest absolute Gasteiger partial charge is 0.352 e. The Bertz CT molecular complexity index is 457. The van der Waals surface area contributed by atoms with E-state index in [0.717, 1.165) is 11.8 Å². The van der Waals surface area contributed by atoms with Crippen molar-refractivity contribution < 1.29 is 9.59 Å². The fraction of sp³-hybridized carbons (Fsp3) is 0.882. The maximum Gasteiger partial charge on any atom is 0.245 e. The molecule has 1 saturated heterocycles. The van der Waals surface area contributed by atoms with Crippen LogP contribution in [-0.2, 0) is 9.59 Å². The minimum absolute atomic E-state index is 0.00841. The molecular formula is C17H26N2O2. The molecule has 4 aliphatic carbocycles. The number of piperazine rings is 1. The van der Waals surface area contributed by atoms with Crippen LogP contribution in [0.15, 0.2) is 0 Å². The summed E-state index contributed by atoms with van der Waals surface area (Å²) in [5.74, 6) is 3.41. The second-order valence-electron chi connectivity index (χ2n) is 8.26. The normalized spacial score (nSPS) is 43.8. The first kappa shape index (κ1) is 13.6. The van der Waals surface area contributed by atoms with Crippen molar-refractivity contribution in [3.63, 3.8) is 0 Å². The summed E-state index contributed by atoms with van der Waals surface area (Å²) in [5, 5.41) is 2.89. The van der Waals surface area contributed by atoms with Crippen molar-refractivity contribution >= 4 is 11.8 Å². The molecule has 2 amide bonds. The van der Waals surface area contributed by atoms with Crippen LogP contribution in [0.2, 0.25) is 0 Å². The molecule has 0 spiro atoms. The van der Waals surface area contributed by atoms with Gasteiger partial charge in [-0.25, -0.2) is 0 Å². The molecule has 5 fully saturated rings. The van der Waals surface area contributed by atoms with Crippen molar-refractivity contribution in [3.8, 4) is 0 Å². The number of hydrogen-bond acceptors (Lipinski definition) is 2. The van der Waals surface area contributed by atoms with Gasteiger partial charge >= 0.3 is 0 Å². The minimum atomic E-state index is -0.690. The van der Waals surface area contributed by atoms with Crippen LogP contribution < -0.4 is 5.32 Å². The van der Waals surface area contributed by atoms with E-state index in [1.165, 1.54) is 32.1 Å². The fourth-order valence-corrected chi connectivity index (χ4v) is 5.79. The highest BCUT2D eigenvalue weighted by Gasteiger charge is 2.53. The van der Waals surface area contributed by atoms with Gasteiger partial charge in [0.25, 0.3) is 0 Å². The Morgan fingerprint density at radius 1 is 1.10 bits per heavy atom. The molecule has 0 aromatic rings. The van der Waals surface area contributed by atoms with Crippen molar-refractivity contribution in [3.05, 3.63) is 0 Å². The number of nitrogens with zero attached hydrogens (tertiary/aromatic N) is 1. The summed E-state index contributed by atoms with van der Waals surface area (Å²) in [6, 6.07) is 0. The molecule has 5 aliphatic rings. The third kappa shape index (κ3) is 1.94. The van der Waals surface area contributed by atoms with Gasteiger partial charge in [-0.15, -0.1) is 0 Å². The van der Waals surface area contributed by atoms with Crippen LogP contribution in [-0.4, -0.2) is 35.3 Å². The fourth-order valence-electron chi connectivity index (χ4n) is 5.79. The average Bonchev–Trinajstić information content (AvgIpc) is 2.40. The van der Waals surface area contributed by atoms with Gasteiger partial charge in [0.15, 0.2) is 0 Å². The predicted molar refractivity (Wildman–Crippen MR) is 79.3 cm³/mol. The van der Waals surface area contributed by atoms with Gasteiger partial charge in [-0.1, -0.05) is 0 Å². The number of carbonyl (C=O) groups excluding carboxylic acids is 2. The Balaban J connectivity index is 1.59. The van der Waals surface area contributed by atoms with Gasteiger partial charge in [-0.2, -0.15) is 0 Å². The number of carbonyl (C=O) groups is 2. The summed E-state index contributed by atoms with van der Waals surface area (Å²) in [4.78, 5) is 27.2. The van der Waals surface area contributed by atoms with E-state index in [1.807, 2.05) is 18.7 Å². The number of hydrogen-bond donors (Lipinski definition) is 1. The maximum absolute atomic E-state index is 13.2. The van der Waals surface area contributed by atoms with Gasteiger partial charge < -0.3 is 10.2 Å². The van der Waals surface area contributed by atoms with Crippen LogP contribution in [0.25, 0.3) is 0 Å². The van der Waals surface area contributed by atoms with Crippen molar-refractivity contribution in [2.75, 3.05) is 13.1 Å². The molecule has 4 nitrogen and oxygen atoms in total. The van der Waals surface area contributed by atoms with Gasteiger partial charge in [0, 0.05) is 19.0 Å². The number of rotatable bonds is 1. The molecule has 5 rings (SSSR count). The molecule has 0 aromatic heterocycles. The third-order valence-corrected chi connectivity index (χ3v) is 6.63. The first-order valence-electron chi connectivity index (χ1n) is 8.56. The molecule has 4 saturated carbocycles. The molecule has 1 N–H and O–H groups in total. The summed E-state index contributed by atoms with van der Waals surface area (Å²) in [7, 11) is 0. The smallest absolute Gasteiger partial charge is 0.245 e. The van der Waals surface area contributed by atoms with E-state index in [4.69, 9.17) is 0 Å². The standard InChI is InChI=1S/C17H26N2O2/c1-17(2)16(21)18-3-4-19(17)15(20)14-12-6-10-5-11(8-12)9-13(14)7-10/h10-14H,3-9H2,1-2H3,(H,18,21). The Morgan fingerprint density at radius 2 is 1.67 bits per heavy atom. The third-order valence-electron chi connectivity index (χ3n) is 6.63. The molecule has 1 heterocycles. The summed E-state index contributed by atoms with van der Waals surface area (Å²) in [6.07, 6.45) is 6.42. The van der Waals surface area contributed by atoms with Crippen LogP contribution >= 0.6 is 0 Å².